The van der Waals surface area contributed by atoms with E-state index in [-0.39, 0.29) is 0 Å². The zero-order valence-corrected chi connectivity index (χ0v) is 8.56. The maximum Gasteiger partial charge on any atom is 0.199 e. The molecule has 0 radical (unpaired) electrons. The molecular formula is C10H12O2S. The highest BCUT2D eigenvalue weighted by Gasteiger charge is 2.11. The number of rotatable bonds is 2. The summed E-state index contributed by atoms with van der Waals surface area (Å²) < 4.78 is 22.9. The van der Waals surface area contributed by atoms with Crippen LogP contribution in [0.1, 0.15) is 11.1 Å². The number of sulfone groups is 1. The highest BCUT2D eigenvalue weighted by molar-refractivity contribution is 7.94. The Bertz CT molecular complexity index is 430. The Labute approximate surface area is 78.8 Å². The van der Waals surface area contributed by atoms with Gasteiger partial charge in [-0.1, -0.05) is 18.7 Å². The van der Waals surface area contributed by atoms with Crippen LogP contribution in [0.15, 0.2) is 35.1 Å². The molecule has 0 aromatic heterocycles. The van der Waals surface area contributed by atoms with Gasteiger partial charge in [0.15, 0.2) is 9.84 Å². The highest BCUT2D eigenvalue weighted by atomic mass is 32.2. The van der Waals surface area contributed by atoms with Gasteiger partial charge in [-0.05, 0) is 31.0 Å². The van der Waals surface area contributed by atoms with Crippen LogP contribution in [0.25, 0.3) is 0 Å². The van der Waals surface area contributed by atoms with Crippen molar-refractivity contribution < 1.29 is 8.42 Å². The third-order valence-corrected chi connectivity index (χ3v) is 3.36. The fourth-order valence-electron chi connectivity index (χ4n) is 1.10. The summed E-state index contributed by atoms with van der Waals surface area (Å²) in [6, 6.07) is 5.34. The minimum Gasteiger partial charge on any atom is -0.219 e. The molecular weight excluding hydrogens is 184 g/mol. The summed E-state index contributed by atoms with van der Waals surface area (Å²) in [5.41, 5.74) is 1.69. The van der Waals surface area contributed by atoms with Crippen LogP contribution in [0, 0.1) is 13.8 Å². The average Bonchev–Trinajstić information content (AvgIpc) is 2.09. The van der Waals surface area contributed by atoms with Crippen molar-refractivity contribution in [2.75, 3.05) is 0 Å². The standard InChI is InChI=1S/C10H12O2S/c1-4-13(11,12)10-7-8(2)5-6-9(10)3/h4-7H,1H2,2-3H3. The van der Waals surface area contributed by atoms with Gasteiger partial charge in [-0.15, -0.1) is 0 Å². The van der Waals surface area contributed by atoms with E-state index in [0.29, 0.717) is 4.90 Å². The van der Waals surface area contributed by atoms with E-state index in [4.69, 9.17) is 0 Å². The molecule has 0 aliphatic heterocycles. The van der Waals surface area contributed by atoms with E-state index in [2.05, 4.69) is 6.58 Å². The lowest BCUT2D eigenvalue weighted by molar-refractivity contribution is 0.604. The molecule has 13 heavy (non-hydrogen) atoms. The number of aryl methyl sites for hydroxylation is 2. The van der Waals surface area contributed by atoms with Crippen molar-refractivity contribution in [2.45, 2.75) is 18.7 Å². The lowest BCUT2D eigenvalue weighted by atomic mass is 10.2. The van der Waals surface area contributed by atoms with E-state index in [1.807, 2.05) is 13.0 Å². The van der Waals surface area contributed by atoms with Crippen LogP contribution in [0.2, 0.25) is 0 Å². The Morgan fingerprint density at radius 2 is 1.92 bits per heavy atom. The lowest BCUT2D eigenvalue weighted by Crippen LogP contribution is -1.98. The molecule has 3 heteroatoms. The minimum atomic E-state index is -3.29. The van der Waals surface area contributed by atoms with Gasteiger partial charge in [0, 0.05) is 5.41 Å². The normalized spacial score (nSPS) is 11.2. The second-order valence-corrected chi connectivity index (χ2v) is 4.84. The summed E-state index contributed by atoms with van der Waals surface area (Å²) in [5.74, 6) is 0. The van der Waals surface area contributed by atoms with Crippen molar-refractivity contribution in [3.63, 3.8) is 0 Å². The van der Waals surface area contributed by atoms with Gasteiger partial charge >= 0.3 is 0 Å². The first kappa shape index (κ1) is 9.99. The molecule has 0 aliphatic rings. The van der Waals surface area contributed by atoms with Crippen LogP contribution in [-0.4, -0.2) is 8.42 Å². The van der Waals surface area contributed by atoms with E-state index in [9.17, 15) is 8.42 Å². The first-order valence-electron chi connectivity index (χ1n) is 3.92. The molecule has 0 N–H and O–H groups in total. The minimum absolute atomic E-state index is 0.350. The maximum atomic E-state index is 11.5. The van der Waals surface area contributed by atoms with E-state index >= 15 is 0 Å². The molecule has 0 heterocycles. The molecule has 1 aromatic carbocycles. The van der Waals surface area contributed by atoms with E-state index in [1.165, 1.54) is 0 Å². The molecule has 0 amide bonds. The number of hydrogen-bond donors (Lipinski definition) is 0. The molecule has 0 spiro atoms. The van der Waals surface area contributed by atoms with Crippen LogP contribution >= 0.6 is 0 Å². The van der Waals surface area contributed by atoms with Crippen molar-refractivity contribution in [1.29, 1.82) is 0 Å². The van der Waals surface area contributed by atoms with Crippen LogP contribution in [0.4, 0.5) is 0 Å². The van der Waals surface area contributed by atoms with Crippen molar-refractivity contribution in [3.05, 3.63) is 41.3 Å². The largest absolute Gasteiger partial charge is 0.219 e. The van der Waals surface area contributed by atoms with E-state index in [0.717, 1.165) is 16.5 Å². The first-order chi connectivity index (χ1) is 5.97. The van der Waals surface area contributed by atoms with Crippen molar-refractivity contribution >= 4 is 9.84 Å². The first-order valence-corrected chi connectivity index (χ1v) is 5.47. The van der Waals surface area contributed by atoms with Crippen LogP contribution in [0.5, 0.6) is 0 Å². The van der Waals surface area contributed by atoms with Crippen LogP contribution in [-0.2, 0) is 9.84 Å². The van der Waals surface area contributed by atoms with E-state index < -0.39 is 9.84 Å². The predicted octanol–water partition coefficient (Wildman–Crippen LogP) is 2.22. The highest BCUT2D eigenvalue weighted by Crippen LogP contribution is 2.18. The summed E-state index contributed by atoms with van der Waals surface area (Å²) in [6.07, 6.45) is 0. The topological polar surface area (TPSA) is 34.1 Å². The summed E-state index contributed by atoms with van der Waals surface area (Å²) in [7, 11) is -3.29. The summed E-state index contributed by atoms with van der Waals surface area (Å²) >= 11 is 0. The molecule has 0 bridgehead atoms. The molecule has 0 saturated carbocycles. The smallest absolute Gasteiger partial charge is 0.199 e. The predicted molar refractivity (Wildman–Crippen MR) is 53.3 cm³/mol. The van der Waals surface area contributed by atoms with Crippen LogP contribution < -0.4 is 0 Å². The van der Waals surface area contributed by atoms with Crippen molar-refractivity contribution in [1.82, 2.24) is 0 Å². The molecule has 1 rings (SSSR count). The summed E-state index contributed by atoms with van der Waals surface area (Å²) in [6.45, 7) is 6.93. The molecule has 0 fully saturated rings. The van der Waals surface area contributed by atoms with Gasteiger partial charge in [-0.3, -0.25) is 0 Å². The Kier molecular flexibility index (Phi) is 2.57. The molecule has 70 valence electrons. The second kappa shape index (κ2) is 3.34. The third-order valence-electron chi connectivity index (χ3n) is 1.87. The molecule has 0 aliphatic carbocycles. The SMILES string of the molecule is C=CS(=O)(=O)c1cc(C)ccc1C. The van der Waals surface area contributed by atoms with Gasteiger partial charge in [0.2, 0.25) is 0 Å². The zero-order valence-electron chi connectivity index (χ0n) is 7.74. The molecule has 0 unspecified atom stereocenters. The monoisotopic (exact) mass is 196 g/mol. The van der Waals surface area contributed by atoms with Crippen LogP contribution in [0.3, 0.4) is 0 Å². The average molecular weight is 196 g/mol. The fraction of sp³-hybridized carbons (Fsp3) is 0.200. The van der Waals surface area contributed by atoms with Gasteiger partial charge in [-0.2, -0.15) is 0 Å². The Morgan fingerprint density at radius 3 is 2.46 bits per heavy atom. The second-order valence-electron chi connectivity index (χ2n) is 2.98. The van der Waals surface area contributed by atoms with Gasteiger partial charge in [0.1, 0.15) is 0 Å². The quantitative estimate of drug-likeness (QED) is 0.726. The number of benzene rings is 1. The molecule has 1 aromatic rings. The maximum absolute atomic E-state index is 11.5. The Morgan fingerprint density at radius 1 is 1.31 bits per heavy atom. The Hall–Kier alpha value is -1.09. The number of hydrogen-bond acceptors (Lipinski definition) is 2. The molecule has 0 saturated heterocycles. The van der Waals surface area contributed by atoms with Gasteiger partial charge in [-0.25, -0.2) is 8.42 Å². The Balaban J connectivity index is 3.46. The lowest BCUT2D eigenvalue weighted by Gasteiger charge is -2.04. The third kappa shape index (κ3) is 1.98. The fourth-order valence-corrected chi connectivity index (χ4v) is 2.15. The summed E-state index contributed by atoms with van der Waals surface area (Å²) in [5, 5.41) is 0.981. The van der Waals surface area contributed by atoms with Gasteiger partial charge in [0.25, 0.3) is 0 Å². The van der Waals surface area contributed by atoms with E-state index in [1.54, 1.807) is 19.1 Å². The van der Waals surface area contributed by atoms with Gasteiger partial charge in [0.05, 0.1) is 4.90 Å². The van der Waals surface area contributed by atoms with Crippen molar-refractivity contribution in [2.24, 2.45) is 0 Å². The molecule has 2 nitrogen and oxygen atoms in total. The summed E-state index contributed by atoms with van der Waals surface area (Å²) in [4.78, 5) is 0.350. The van der Waals surface area contributed by atoms with Gasteiger partial charge < -0.3 is 0 Å². The van der Waals surface area contributed by atoms with Crippen molar-refractivity contribution in [3.8, 4) is 0 Å². The zero-order chi connectivity index (χ0) is 10.1. The molecule has 0 atom stereocenters.